The number of aryl methyl sites for hydroxylation is 2. The van der Waals surface area contributed by atoms with Gasteiger partial charge in [0.2, 0.25) is 0 Å². The van der Waals surface area contributed by atoms with Gasteiger partial charge in [-0.25, -0.2) is 0 Å². The topological polar surface area (TPSA) is 73.8 Å². The molecule has 3 aromatic heterocycles. The van der Waals surface area contributed by atoms with Crippen LogP contribution in [0.5, 0.6) is 0 Å². The van der Waals surface area contributed by atoms with E-state index in [1.54, 1.807) is 5.51 Å². The summed E-state index contributed by atoms with van der Waals surface area (Å²) in [6, 6.07) is 3.74. The van der Waals surface area contributed by atoms with Gasteiger partial charge in [0.1, 0.15) is 11.3 Å². The van der Waals surface area contributed by atoms with Crippen molar-refractivity contribution >= 4 is 28.9 Å². The highest BCUT2D eigenvalue weighted by Crippen LogP contribution is 2.24. The lowest BCUT2D eigenvalue weighted by Gasteiger charge is -2.04. The zero-order valence-corrected chi connectivity index (χ0v) is 14.0. The Balaban J connectivity index is 1.84. The molecule has 0 N–H and O–H groups in total. The molecule has 114 valence electrons. The molecule has 8 heteroatoms. The molecule has 0 radical (unpaired) electrons. The van der Waals surface area contributed by atoms with Crippen LogP contribution in [0, 0.1) is 20.8 Å². The van der Waals surface area contributed by atoms with E-state index < -0.39 is 0 Å². The van der Waals surface area contributed by atoms with Crippen LogP contribution in [0.3, 0.4) is 0 Å². The van der Waals surface area contributed by atoms with E-state index in [-0.39, 0.29) is 5.78 Å². The van der Waals surface area contributed by atoms with E-state index in [2.05, 4.69) is 15.4 Å². The quantitative estimate of drug-likeness (QED) is 0.527. The number of nitrogens with zero attached hydrogens (tertiary/aromatic N) is 4. The summed E-state index contributed by atoms with van der Waals surface area (Å²) in [6.45, 7) is 5.71. The molecule has 0 amide bonds. The molecule has 0 saturated heterocycles. The van der Waals surface area contributed by atoms with Crippen LogP contribution in [-0.2, 0) is 0 Å². The molecule has 22 heavy (non-hydrogen) atoms. The third kappa shape index (κ3) is 2.84. The second-order valence-electron chi connectivity index (χ2n) is 4.83. The van der Waals surface area contributed by atoms with E-state index in [1.165, 1.54) is 23.1 Å². The average Bonchev–Trinajstić information content (AvgIpc) is 3.18. The van der Waals surface area contributed by atoms with E-state index >= 15 is 0 Å². The Hall–Kier alpha value is -1.93. The van der Waals surface area contributed by atoms with Crippen LogP contribution in [0.2, 0.25) is 0 Å². The summed E-state index contributed by atoms with van der Waals surface area (Å²) in [6.07, 6.45) is 0. The molecule has 0 atom stereocenters. The van der Waals surface area contributed by atoms with Gasteiger partial charge in [-0.15, -0.1) is 10.2 Å². The van der Waals surface area contributed by atoms with Crippen LogP contribution in [-0.4, -0.2) is 31.5 Å². The van der Waals surface area contributed by atoms with E-state index in [0.29, 0.717) is 17.1 Å². The number of hydrogen-bond donors (Lipinski definition) is 0. The minimum absolute atomic E-state index is 0.0692. The minimum atomic E-state index is 0.0692. The first kappa shape index (κ1) is 15.0. The zero-order valence-electron chi connectivity index (χ0n) is 12.4. The first-order valence-corrected chi connectivity index (χ1v) is 8.47. The number of aromatic nitrogens is 4. The van der Waals surface area contributed by atoms with Crippen LogP contribution >= 0.6 is 23.1 Å². The monoisotopic (exact) mass is 334 g/mol. The molecule has 0 saturated carbocycles. The second kappa shape index (κ2) is 6.05. The summed E-state index contributed by atoms with van der Waals surface area (Å²) in [7, 11) is 0. The molecule has 0 fully saturated rings. The largest absolute Gasteiger partial charge is 0.360 e. The molecule has 0 aliphatic rings. The van der Waals surface area contributed by atoms with Crippen LogP contribution in [0.1, 0.15) is 27.5 Å². The molecule has 0 spiro atoms. The van der Waals surface area contributed by atoms with Gasteiger partial charge in [-0.2, -0.15) is 0 Å². The fourth-order valence-electron chi connectivity index (χ4n) is 2.29. The third-order valence-electron chi connectivity index (χ3n) is 3.24. The van der Waals surface area contributed by atoms with Crippen LogP contribution in [0.25, 0.3) is 5.82 Å². The van der Waals surface area contributed by atoms with Crippen molar-refractivity contribution in [1.82, 2.24) is 19.9 Å². The molecule has 3 rings (SSSR count). The molecule has 6 nitrogen and oxygen atoms in total. The van der Waals surface area contributed by atoms with Gasteiger partial charge in [0.25, 0.3) is 0 Å². The zero-order chi connectivity index (χ0) is 15.7. The second-order valence-corrected chi connectivity index (χ2v) is 6.89. The summed E-state index contributed by atoms with van der Waals surface area (Å²) in [5.41, 5.74) is 4.19. The summed E-state index contributed by atoms with van der Waals surface area (Å²) in [5, 5.41) is 11.7. The molecule has 3 heterocycles. The van der Waals surface area contributed by atoms with Crippen molar-refractivity contribution in [2.75, 3.05) is 5.75 Å². The van der Waals surface area contributed by atoms with Crippen molar-refractivity contribution in [3.63, 3.8) is 0 Å². The first-order valence-electron chi connectivity index (χ1n) is 6.61. The number of ketones is 1. The third-order valence-corrected chi connectivity index (χ3v) is 5.10. The van der Waals surface area contributed by atoms with Crippen molar-refractivity contribution in [3.05, 3.63) is 40.4 Å². The summed E-state index contributed by atoms with van der Waals surface area (Å²) in [5.74, 6) is 1.85. The number of carbonyl (C=O) groups excluding carboxylic acids is 1. The normalized spacial score (nSPS) is 11.0. The predicted octanol–water partition coefficient (Wildman–Crippen LogP) is 3.22. The maximum absolute atomic E-state index is 12.4. The predicted molar refractivity (Wildman–Crippen MR) is 85.0 cm³/mol. The number of carbonyl (C=O) groups is 1. The van der Waals surface area contributed by atoms with Crippen molar-refractivity contribution in [3.8, 4) is 5.82 Å². The standard InChI is InChI=1S/C14H14N4O2S2/c1-8-4-11(12(19)6-21-14-16-15-7-22-14)10(3)18(8)13-5-9(2)20-17-13/h4-5,7H,6H2,1-3H3. The molecule has 0 aliphatic heterocycles. The Kier molecular flexibility index (Phi) is 4.12. The fourth-order valence-corrected chi connectivity index (χ4v) is 3.66. The van der Waals surface area contributed by atoms with Crippen LogP contribution in [0.4, 0.5) is 0 Å². The van der Waals surface area contributed by atoms with Gasteiger partial charge in [0.15, 0.2) is 15.9 Å². The van der Waals surface area contributed by atoms with Crippen LogP contribution in [0.15, 0.2) is 26.5 Å². The SMILES string of the molecule is Cc1cc(-n2c(C)cc(C(=O)CSc3nncs3)c2C)no1. The Morgan fingerprint density at radius 2 is 2.18 bits per heavy atom. The molecule has 0 bridgehead atoms. The van der Waals surface area contributed by atoms with Crippen molar-refractivity contribution < 1.29 is 9.32 Å². The minimum Gasteiger partial charge on any atom is -0.360 e. The molecule has 0 aliphatic carbocycles. The molecular weight excluding hydrogens is 320 g/mol. The Morgan fingerprint density at radius 3 is 2.82 bits per heavy atom. The van der Waals surface area contributed by atoms with Gasteiger partial charge in [-0.3, -0.25) is 9.36 Å². The lowest BCUT2D eigenvalue weighted by molar-refractivity contribution is 0.102. The van der Waals surface area contributed by atoms with Crippen molar-refractivity contribution in [2.45, 2.75) is 25.1 Å². The van der Waals surface area contributed by atoms with E-state index in [1.807, 2.05) is 37.5 Å². The Bertz CT molecular complexity index is 805. The Labute approximate surface area is 135 Å². The van der Waals surface area contributed by atoms with E-state index in [0.717, 1.165) is 21.5 Å². The van der Waals surface area contributed by atoms with Gasteiger partial charge in [0.05, 0.1) is 5.75 Å². The number of hydrogen-bond acceptors (Lipinski definition) is 7. The lowest BCUT2D eigenvalue weighted by Crippen LogP contribution is -2.05. The maximum Gasteiger partial charge on any atom is 0.180 e. The highest BCUT2D eigenvalue weighted by atomic mass is 32.2. The summed E-state index contributed by atoms with van der Waals surface area (Å²) >= 11 is 2.84. The fraction of sp³-hybridized carbons (Fsp3) is 0.286. The number of thioether (sulfide) groups is 1. The lowest BCUT2D eigenvalue weighted by atomic mass is 10.2. The Morgan fingerprint density at radius 1 is 1.36 bits per heavy atom. The number of Topliss-reactive ketones (excluding diaryl/α,β-unsaturated/α-hetero) is 1. The smallest absolute Gasteiger partial charge is 0.180 e. The highest BCUT2D eigenvalue weighted by Gasteiger charge is 2.18. The molecule has 0 aromatic carbocycles. The van der Waals surface area contributed by atoms with Crippen LogP contribution < -0.4 is 0 Å². The van der Waals surface area contributed by atoms with Gasteiger partial charge < -0.3 is 4.52 Å². The van der Waals surface area contributed by atoms with E-state index in [4.69, 9.17) is 4.52 Å². The van der Waals surface area contributed by atoms with Gasteiger partial charge >= 0.3 is 0 Å². The van der Waals surface area contributed by atoms with E-state index in [9.17, 15) is 4.79 Å². The highest BCUT2D eigenvalue weighted by molar-refractivity contribution is 8.01. The molecule has 3 aromatic rings. The number of rotatable bonds is 5. The van der Waals surface area contributed by atoms with Crippen molar-refractivity contribution in [1.29, 1.82) is 0 Å². The first-order chi connectivity index (χ1) is 10.6. The van der Waals surface area contributed by atoms with Crippen molar-refractivity contribution in [2.24, 2.45) is 0 Å². The molecule has 0 unspecified atom stereocenters. The average molecular weight is 334 g/mol. The van der Waals surface area contributed by atoms with Gasteiger partial charge in [-0.1, -0.05) is 28.3 Å². The summed E-state index contributed by atoms with van der Waals surface area (Å²) < 4.78 is 7.85. The van der Waals surface area contributed by atoms with Gasteiger partial charge in [0, 0.05) is 23.0 Å². The summed E-state index contributed by atoms with van der Waals surface area (Å²) in [4.78, 5) is 12.4. The van der Waals surface area contributed by atoms with Gasteiger partial charge in [-0.05, 0) is 26.8 Å². The maximum atomic E-state index is 12.4. The molecular formula is C14H14N4O2S2.